The third kappa shape index (κ3) is 3.77. The zero-order valence-corrected chi connectivity index (χ0v) is 14.7. The van der Waals surface area contributed by atoms with E-state index in [4.69, 9.17) is 5.73 Å². The maximum Gasteiger partial charge on any atom is 0.176 e. The molecule has 26 heavy (non-hydrogen) atoms. The Morgan fingerprint density at radius 1 is 0.923 bits per heavy atom. The first-order valence-corrected chi connectivity index (χ1v) is 9.22. The molecular weight excluding hydrogens is 356 g/mol. The van der Waals surface area contributed by atoms with Gasteiger partial charge in [0.1, 0.15) is 5.76 Å². The first-order valence-electron chi connectivity index (χ1n) is 7.65. The summed E-state index contributed by atoms with van der Waals surface area (Å²) in [5, 5.41) is 10.4. The van der Waals surface area contributed by atoms with Crippen LogP contribution < -0.4 is 16.2 Å². The molecule has 0 radical (unpaired) electrons. The highest BCUT2D eigenvalue weighted by Gasteiger charge is 2.43. The first kappa shape index (κ1) is 19.3. The van der Waals surface area contributed by atoms with E-state index in [0.717, 1.165) is 5.69 Å². The lowest BCUT2D eigenvalue weighted by molar-refractivity contribution is 0.437. The third-order valence-electron chi connectivity index (χ3n) is 4.00. The van der Waals surface area contributed by atoms with Crippen LogP contribution in [0.2, 0.25) is 0 Å². The van der Waals surface area contributed by atoms with Gasteiger partial charge >= 0.3 is 0 Å². The lowest BCUT2D eigenvalue weighted by Gasteiger charge is -2.29. The van der Waals surface area contributed by atoms with Crippen LogP contribution in [0, 0.1) is 20.6 Å². The highest BCUT2D eigenvalue weighted by Crippen LogP contribution is 2.60. The number of nitrogen functional groups attached to an aromatic ring is 1. The molecule has 136 valence electrons. The van der Waals surface area contributed by atoms with Crippen molar-refractivity contribution >= 4 is 28.1 Å². The molecule has 8 nitrogen and oxygen atoms in total. The Labute approximate surface area is 151 Å². The molecule has 0 saturated carbocycles. The van der Waals surface area contributed by atoms with Gasteiger partial charge in [-0.15, -0.1) is 14.7 Å². The predicted molar refractivity (Wildman–Crippen MR) is 105 cm³/mol. The van der Waals surface area contributed by atoms with E-state index in [1.54, 1.807) is 37.3 Å². The van der Waals surface area contributed by atoms with Crippen molar-refractivity contribution < 1.29 is 5.11 Å². The first-order chi connectivity index (χ1) is 12.5. The average Bonchev–Trinajstić information content (AvgIpc) is 2.68. The number of benzene rings is 2. The fourth-order valence-electron chi connectivity index (χ4n) is 2.61. The van der Waals surface area contributed by atoms with Crippen molar-refractivity contribution in [2.75, 3.05) is 5.73 Å². The summed E-state index contributed by atoms with van der Waals surface area (Å²) in [7, 11) is -3.46. The van der Waals surface area contributed by atoms with Crippen LogP contribution in [0.1, 0.15) is 6.92 Å². The van der Waals surface area contributed by atoms with Crippen LogP contribution in [-0.2, 0) is 0 Å². The molecule has 3 N–H and O–H groups in total. The minimum Gasteiger partial charge on any atom is -0.511 e. The fourth-order valence-corrected chi connectivity index (χ4v) is 3.99. The third-order valence-corrected chi connectivity index (χ3v) is 5.93. The summed E-state index contributed by atoms with van der Waals surface area (Å²) in [4.78, 5) is 32.5. The number of para-hydroxylation sites is 1. The lowest BCUT2D eigenvalue weighted by atomic mass is 9.96. The van der Waals surface area contributed by atoms with Gasteiger partial charge in [-0.2, -0.15) is 0 Å². The minimum absolute atomic E-state index is 0.00377. The number of anilines is 1. The predicted octanol–water partition coefficient (Wildman–Crippen LogP) is 3.27. The van der Waals surface area contributed by atoms with E-state index in [1.165, 1.54) is 0 Å². The highest BCUT2D eigenvalue weighted by atomic mass is 32.3. The molecule has 1 aliphatic carbocycles. The molecule has 1 aliphatic rings. The zero-order valence-electron chi connectivity index (χ0n) is 13.9. The molecule has 0 heterocycles. The number of hydrogen-bond donors (Lipinski definition) is 2. The maximum atomic E-state index is 10.8. The largest absolute Gasteiger partial charge is 0.511 e. The maximum absolute atomic E-state index is 10.8. The Hall–Kier alpha value is -3.07. The summed E-state index contributed by atoms with van der Waals surface area (Å²) in [6, 6.07) is 16.4. The molecule has 0 amide bonds. The van der Waals surface area contributed by atoms with Crippen molar-refractivity contribution in [3.05, 3.63) is 79.8 Å². The molecule has 0 spiro atoms. The van der Waals surface area contributed by atoms with Gasteiger partial charge in [-0.1, -0.05) is 55.5 Å². The molecule has 2 unspecified atom stereocenters. The van der Waals surface area contributed by atoms with Crippen molar-refractivity contribution in [3.63, 3.8) is 0 Å². The number of nitroso groups, excluding NO2 is 3. The molecule has 9 heteroatoms. The van der Waals surface area contributed by atoms with Gasteiger partial charge in [0.2, 0.25) is 0 Å². The fraction of sp³-hybridized carbons (Fsp3) is 0.176. The molecule has 3 rings (SSSR count). The van der Waals surface area contributed by atoms with Gasteiger partial charge in [-0.05, 0) is 17.4 Å². The van der Waals surface area contributed by atoms with Gasteiger partial charge in [-0.25, -0.2) is 0 Å². The second-order valence-electron chi connectivity index (χ2n) is 5.59. The van der Waals surface area contributed by atoms with Crippen LogP contribution in [0.4, 0.5) is 5.69 Å². The molecule has 2 atom stereocenters. The summed E-state index contributed by atoms with van der Waals surface area (Å²) >= 11 is 0. The van der Waals surface area contributed by atoms with Crippen LogP contribution in [0.5, 0.6) is 0 Å². The second-order valence-corrected chi connectivity index (χ2v) is 7.70. The van der Waals surface area contributed by atoms with Crippen LogP contribution in [-0.4, -0.2) is 10.4 Å². The minimum atomic E-state index is -3.46. The van der Waals surface area contributed by atoms with E-state index in [2.05, 4.69) is 13.7 Å². The van der Waals surface area contributed by atoms with Crippen LogP contribution in [0.3, 0.4) is 0 Å². The highest BCUT2D eigenvalue weighted by molar-refractivity contribution is 8.31. The number of aliphatic hydroxyl groups excluding tert-OH is 1. The van der Waals surface area contributed by atoms with Crippen molar-refractivity contribution in [2.24, 2.45) is 19.7 Å². The van der Waals surface area contributed by atoms with Crippen molar-refractivity contribution in [3.8, 4) is 0 Å². The van der Waals surface area contributed by atoms with Crippen molar-refractivity contribution in [1.29, 1.82) is 0 Å². The van der Waals surface area contributed by atoms with Gasteiger partial charge in [0.15, 0.2) is 10.6 Å². The Balaban J connectivity index is 0.000000290. The molecule has 0 saturated heterocycles. The van der Waals surface area contributed by atoms with E-state index < -0.39 is 21.8 Å². The smallest absolute Gasteiger partial charge is 0.176 e. The van der Waals surface area contributed by atoms with E-state index >= 15 is 0 Å². The normalized spacial score (nSPS) is 19.0. The van der Waals surface area contributed by atoms with Crippen molar-refractivity contribution in [2.45, 2.75) is 12.2 Å². The summed E-state index contributed by atoms with van der Waals surface area (Å²) in [6.45, 7) is 1.59. The van der Waals surface area contributed by atoms with Gasteiger partial charge in [0, 0.05) is 30.6 Å². The molecule has 0 bridgehead atoms. The number of aliphatic hydroxyl groups is 1. The van der Waals surface area contributed by atoms with E-state index in [-0.39, 0.29) is 5.76 Å². The SMILES string of the molecule is CC1C(O)=c2ccccc2=CC1S(N=O)(N=O)N=O.Nc1ccccc1. The van der Waals surface area contributed by atoms with Gasteiger partial charge in [0.25, 0.3) is 0 Å². The summed E-state index contributed by atoms with van der Waals surface area (Å²) < 4.78 is 7.67. The molecule has 0 aromatic heterocycles. The number of rotatable bonds is 4. The number of hydrogen-bond acceptors (Lipinski definition) is 8. The Kier molecular flexibility index (Phi) is 6.18. The average molecular weight is 374 g/mol. The van der Waals surface area contributed by atoms with Gasteiger partial charge in [-0.3, -0.25) is 0 Å². The molecular formula is C17H18N4O4S. The van der Waals surface area contributed by atoms with Crippen LogP contribution >= 0.6 is 10.6 Å². The quantitative estimate of drug-likeness (QED) is 0.625. The van der Waals surface area contributed by atoms with Crippen LogP contribution in [0.25, 0.3) is 11.8 Å². The van der Waals surface area contributed by atoms with Crippen LogP contribution in [0.15, 0.2) is 68.3 Å². The Morgan fingerprint density at radius 2 is 1.46 bits per heavy atom. The molecule has 2 aromatic rings. The van der Waals surface area contributed by atoms with Crippen molar-refractivity contribution in [1.82, 2.24) is 0 Å². The van der Waals surface area contributed by atoms with E-state index in [9.17, 15) is 19.8 Å². The molecule has 0 fully saturated rings. The number of nitrogens with two attached hydrogens (primary N) is 1. The Morgan fingerprint density at radius 3 is 1.96 bits per heavy atom. The van der Waals surface area contributed by atoms with E-state index in [0.29, 0.717) is 10.4 Å². The standard InChI is InChI=1S/C11H11N3O4S.C6H7N/c1-7-10(19(12-16,13-17)14-18)6-8-4-2-3-5-9(8)11(7)15;7-6-4-2-1-3-5-6/h2-7,10,15H,1H3;1-5H,7H2. The Bertz CT molecular complexity index is 898. The zero-order chi connectivity index (χ0) is 19.2. The molecule has 2 aromatic carbocycles. The second kappa shape index (κ2) is 8.34. The monoisotopic (exact) mass is 374 g/mol. The topological polar surface area (TPSA) is 135 Å². The van der Waals surface area contributed by atoms with Gasteiger partial charge < -0.3 is 10.8 Å². The number of fused-ring (bicyclic) bond motifs is 1. The summed E-state index contributed by atoms with van der Waals surface area (Å²) in [5.41, 5.74) is 6.18. The number of nitrogens with zero attached hydrogens (tertiary/aromatic N) is 3. The lowest BCUT2D eigenvalue weighted by Crippen LogP contribution is -2.38. The summed E-state index contributed by atoms with van der Waals surface area (Å²) in [5.74, 6) is -0.631. The van der Waals surface area contributed by atoms with E-state index in [1.807, 2.05) is 30.3 Å². The summed E-state index contributed by atoms with van der Waals surface area (Å²) in [6.07, 6.45) is 1.55. The van der Waals surface area contributed by atoms with Gasteiger partial charge in [0.05, 0.1) is 5.25 Å². The molecule has 0 aliphatic heterocycles.